The van der Waals surface area contributed by atoms with E-state index in [9.17, 15) is 38.5 Å². The maximum atomic E-state index is 13.1. The van der Waals surface area contributed by atoms with Crippen molar-refractivity contribution in [1.82, 2.24) is 0 Å². The Labute approximate surface area is 120 Å². The summed E-state index contributed by atoms with van der Waals surface area (Å²) in [5.41, 5.74) is -3.59. The molecule has 0 spiro atoms. The van der Waals surface area contributed by atoms with Gasteiger partial charge in [0.2, 0.25) is 5.69 Å². The van der Waals surface area contributed by atoms with Gasteiger partial charge in [-0.3, -0.25) is 25.1 Å². The lowest BCUT2D eigenvalue weighted by molar-refractivity contribution is -0.393. The molecule has 1 aromatic rings. The molecule has 0 amide bonds. The van der Waals surface area contributed by atoms with Crippen molar-refractivity contribution in [2.24, 2.45) is 0 Å². The summed E-state index contributed by atoms with van der Waals surface area (Å²) in [6, 6.07) is 2.22. The summed E-state index contributed by atoms with van der Waals surface area (Å²) in [5, 5.41) is 39.5. The lowest BCUT2D eigenvalue weighted by Gasteiger charge is -2.27. The Balaban J connectivity index is 3.57. The van der Waals surface area contributed by atoms with Gasteiger partial charge in [-0.05, 0) is 6.07 Å². The number of anilines is 1. The highest BCUT2D eigenvalue weighted by molar-refractivity contribution is 5.75. The zero-order valence-corrected chi connectivity index (χ0v) is 10.7. The summed E-state index contributed by atoms with van der Waals surface area (Å²) in [5.74, 6) is 0. The summed E-state index contributed by atoms with van der Waals surface area (Å²) < 4.78 is 39.2. The van der Waals surface area contributed by atoms with Gasteiger partial charge in [-0.25, -0.2) is 0 Å². The summed E-state index contributed by atoms with van der Waals surface area (Å²) in [7, 11) is 0. The number of aliphatic hydroxyl groups is 2. The van der Waals surface area contributed by atoms with E-state index in [-0.39, 0.29) is 0 Å². The number of halogens is 3. The molecule has 0 heterocycles. The average molecular weight is 325 g/mol. The number of nitrogens with zero attached hydrogens (tertiary/aromatic N) is 3. The molecule has 0 aliphatic heterocycles. The standard InChI is InChI=1S/C10H10F3N3O6/c11-10(12,13)14(4-6(18)5-17)9-7(15(19)20)2-1-3-8(9)16(21)22/h1-3,6,17-18H,4-5H2. The van der Waals surface area contributed by atoms with E-state index in [1.165, 1.54) is 0 Å². The van der Waals surface area contributed by atoms with Gasteiger partial charge < -0.3 is 10.2 Å². The Morgan fingerprint density at radius 2 is 1.64 bits per heavy atom. The molecule has 0 aliphatic rings. The van der Waals surface area contributed by atoms with Crippen molar-refractivity contribution in [3.63, 3.8) is 0 Å². The third kappa shape index (κ3) is 3.79. The Bertz CT molecular complexity index is 547. The second kappa shape index (κ2) is 6.53. The number of nitro groups is 2. The third-order valence-corrected chi connectivity index (χ3v) is 2.57. The van der Waals surface area contributed by atoms with E-state index in [2.05, 4.69) is 0 Å². The van der Waals surface area contributed by atoms with Crippen molar-refractivity contribution < 1.29 is 33.2 Å². The van der Waals surface area contributed by atoms with E-state index in [4.69, 9.17) is 5.11 Å². The minimum Gasteiger partial charge on any atom is -0.394 e. The molecule has 0 aliphatic carbocycles. The molecule has 2 N–H and O–H groups in total. The summed E-state index contributed by atoms with van der Waals surface area (Å²) in [4.78, 5) is 18.7. The van der Waals surface area contributed by atoms with Gasteiger partial charge in [0.25, 0.3) is 11.4 Å². The lowest BCUT2D eigenvalue weighted by atomic mass is 10.2. The fourth-order valence-corrected chi connectivity index (χ4v) is 1.68. The number of alkyl halides is 3. The average Bonchev–Trinajstić information content (AvgIpc) is 2.42. The van der Waals surface area contributed by atoms with Crippen LogP contribution in [-0.2, 0) is 0 Å². The van der Waals surface area contributed by atoms with E-state index >= 15 is 0 Å². The van der Waals surface area contributed by atoms with Crippen LogP contribution >= 0.6 is 0 Å². The number of para-hydroxylation sites is 1. The number of hydrogen-bond acceptors (Lipinski definition) is 7. The van der Waals surface area contributed by atoms with E-state index in [1.807, 2.05) is 0 Å². The summed E-state index contributed by atoms with van der Waals surface area (Å²) in [6.07, 6.45) is -7.14. The Morgan fingerprint density at radius 1 is 1.18 bits per heavy atom. The molecule has 1 aromatic carbocycles. The topological polar surface area (TPSA) is 130 Å². The molecular weight excluding hydrogens is 315 g/mol. The first-order valence-corrected chi connectivity index (χ1v) is 5.64. The Kier molecular flexibility index (Phi) is 5.22. The normalized spacial score (nSPS) is 12.8. The number of benzene rings is 1. The van der Waals surface area contributed by atoms with Gasteiger partial charge in [0.05, 0.1) is 29.1 Å². The van der Waals surface area contributed by atoms with Crippen molar-refractivity contribution in [1.29, 1.82) is 0 Å². The second-order valence-electron chi connectivity index (χ2n) is 4.07. The zero-order valence-electron chi connectivity index (χ0n) is 10.7. The first-order valence-electron chi connectivity index (χ1n) is 5.64. The molecule has 12 heteroatoms. The highest BCUT2D eigenvalue weighted by atomic mass is 19.4. The van der Waals surface area contributed by atoms with Gasteiger partial charge in [0.15, 0.2) is 0 Å². The quantitative estimate of drug-likeness (QED) is 0.456. The van der Waals surface area contributed by atoms with Crippen LogP contribution < -0.4 is 4.90 Å². The van der Waals surface area contributed by atoms with Crippen molar-refractivity contribution in [3.8, 4) is 0 Å². The molecule has 0 bridgehead atoms. The molecule has 0 saturated heterocycles. The molecule has 0 aromatic heterocycles. The lowest BCUT2D eigenvalue weighted by Crippen LogP contribution is -2.44. The van der Waals surface area contributed by atoms with Crippen molar-refractivity contribution in [3.05, 3.63) is 38.4 Å². The van der Waals surface area contributed by atoms with Crippen LogP contribution in [0.1, 0.15) is 0 Å². The van der Waals surface area contributed by atoms with Crippen LogP contribution in [0, 0.1) is 20.2 Å². The summed E-state index contributed by atoms with van der Waals surface area (Å²) >= 11 is 0. The molecule has 0 saturated carbocycles. The van der Waals surface area contributed by atoms with Crippen LogP contribution in [-0.4, -0.2) is 45.6 Å². The second-order valence-corrected chi connectivity index (χ2v) is 4.07. The van der Waals surface area contributed by atoms with Crippen LogP contribution in [0.15, 0.2) is 18.2 Å². The van der Waals surface area contributed by atoms with Crippen LogP contribution in [0.25, 0.3) is 0 Å². The van der Waals surface area contributed by atoms with Gasteiger partial charge in [-0.2, -0.15) is 13.2 Å². The zero-order chi connectivity index (χ0) is 17.1. The van der Waals surface area contributed by atoms with E-state index in [1.54, 1.807) is 0 Å². The molecule has 0 radical (unpaired) electrons. The van der Waals surface area contributed by atoms with E-state index in [0.717, 1.165) is 6.07 Å². The smallest absolute Gasteiger partial charge is 0.394 e. The third-order valence-electron chi connectivity index (χ3n) is 2.57. The van der Waals surface area contributed by atoms with Gasteiger partial charge >= 0.3 is 6.30 Å². The van der Waals surface area contributed by atoms with E-state index < -0.39 is 57.4 Å². The predicted octanol–water partition coefficient (Wildman–Crippen LogP) is 1.18. The van der Waals surface area contributed by atoms with Crippen LogP contribution in [0.4, 0.5) is 30.2 Å². The monoisotopic (exact) mass is 325 g/mol. The van der Waals surface area contributed by atoms with Crippen molar-refractivity contribution >= 4 is 17.1 Å². The highest BCUT2D eigenvalue weighted by Crippen LogP contribution is 2.42. The van der Waals surface area contributed by atoms with Gasteiger partial charge in [-0.15, -0.1) is 0 Å². The van der Waals surface area contributed by atoms with Crippen molar-refractivity contribution in [2.75, 3.05) is 18.1 Å². The molecular formula is C10H10F3N3O6. The molecule has 0 fully saturated rings. The number of aliphatic hydroxyl groups excluding tert-OH is 2. The number of hydrogen-bond donors (Lipinski definition) is 2. The Hall–Kier alpha value is -2.47. The molecule has 1 unspecified atom stereocenters. The van der Waals surface area contributed by atoms with Gasteiger partial charge in [0, 0.05) is 12.1 Å². The number of nitro benzene ring substituents is 2. The van der Waals surface area contributed by atoms with Crippen LogP contribution in [0.3, 0.4) is 0 Å². The first kappa shape index (κ1) is 17.6. The first-order chi connectivity index (χ1) is 10.1. The van der Waals surface area contributed by atoms with Gasteiger partial charge in [-0.1, -0.05) is 0 Å². The molecule has 122 valence electrons. The van der Waals surface area contributed by atoms with E-state index in [0.29, 0.717) is 12.1 Å². The maximum absolute atomic E-state index is 13.1. The largest absolute Gasteiger partial charge is 0.485 e. The van der Waals surface area contributed by atoms with Crippen LogP contribution in [0.2, 0.25) is 0 Å². The number of rotatable bonds is 6. The molecule has 9 nitrogen and oxygen atoms in total. The fraction of sp³-hybridized carbons (Fsp3) is 0.400. The molecule has 1 rings (SSSR count). The minimum atomic E-state index is -5.24. The molecule has 22 heavy (non-hydrogen) atoms. The minimum absolute atomic E-state index is 0.635. The highest BCUT2D eigenvalue weighted by Gasteiger charge is 2.45. The summed E-state index contributed by atoms with van der Waals surface area (Å²) in [6.45, 7) is -2.35. The fourth-order valence-electron chi connectivity index (χ4n) is 1.68. The Morgan fingerprint density at radius 3 is 1.95 bits per heavy atom. The predicted molar refractivity (Wildman–Crippen MR) is 66.2 cm³/mol. The maximum Gasteiger partial charge on any atom is 0.485 e. The van der Waals surface area contributed by atoms with Crippen LogP contribution in [0.5, 0.6) is 0 Å². The van der Waals surface area contributed by atoms with Crippen molar-refractivity contribution in [2.45, 2.75) is 12.4 Å². The SMILES string of the molecule is O=[N+]([O-])c1cccc([N+](=O)[O-])c1N(CC(O)CO)C(F)(F)F. The molecule has 1 atom stereocenters. The van der Waals surface area contributed by atoms with Gasteiger partial charge in [0.1, 0.15) is 0 Å².